The molecule has 0 fully saturated rings. The monoisotopic (exact) mass is 152 g/mol. The summed E-state index contributed by atoms with van der Waals surface area (Å²) in [6.45, 7) is 0.336. The van der Waals surface area contributed by atoms with Crippen LogP contribution in [0.1, 0.15) is 6.42 Å². The molecule has 0 spiro atoms. The van der Waals surface area contributed by atoms with Crippen molar-refractivity contribution in [1.82, 2.24) is 0 Å². The van der Waals surface area contributed by atoms with E-state index in [2.05, 4.69) is 4.52 Å². The molecule has 0 aliphatic rings. The molecule has 5 heteroatoms. The lowest BCUT2D eigenvalue weighted by atomic mass is 10.5. The van der Waals surface area contributed by atoms with Gasteiger partial charge in [0.1, 0.15) is 0 Å². The van der Waals surface area contributed by atoms with Gasteiger partial charge in [-0.1, -0.05) is 0 Å². The molecule has 1 atom stereocenters. The molecule has 0 aliphatic carbocycles. The quantitative estimate of drug-likeness (QED) is 0.490. The molecule has 0 saturated heterocycles. The van der Waals surface area contributed by atoms with E-state index < -0.39 is 7.65 Å². The molecule has 0 aromatic heterocycles. The van der Waals surface area contributed by atoms with E-state index in [0.29, 0.717) is 13.0 Å². The van der Waals surface area contributed by atoms with Crippen molar-refractivity contribution in [2.45, 2.75) is 6.42 Å². The Balaban J connectivity index is 2.85. The van der Waals surface area contributed by atoms with Gasteiger partial charge in [-0.05, 0) is 11.2 Å². The zero-order chi connectivity index (χ0) is 6.41. The Morgan fingerprint density at radius 1 is 1.88 bits per heavy atom. The summed E-state index contributed by atoms with van der Waals surface area (Å²) in [5.41, 5.74) is 5.03. The van der Waals surface area contributed by atoms with Crippen LogP contribution in [0.15, 0.2) is 0 Å². The minimum Gasteiger partial charge on any atom is -0.331 e. The second-order valence-electron chi connectivity index (χ2n) is 1.01. The largest absolute Gasteiger partial charge is 0.331 e. The fourth-order valence-electron chi connectivity index (χ4n) is 0.178. The summed E-state index contributed by atoms with van der Waals surface area (Å²) in [6.07, 6.45) is 0.350. The first-order chi connectivity index (χ1) is 3.77. The van der Waals surface area contributed by atoms with Crippen LogP contribution in [0.25, 0.3) is 0 Å². The lowest BCUT2D eigenvalue weighted by molar-refractivity contribution is 0.370. The predicted octanol–water partition coefficient (Wildman–Crippen LogP) is 1.34. The van der Waals surface area contributed by atoms with Crippen LogP contribution in [0.2, 0.25) is 0 Å². The second kappa shape index (κ2) is 5.27. The van der Waals surface area contributed by atoms with Crippen molar-refractivity contribution in [2.24, 2.45) is 5.50 Å². The van der Waals surface area contributed by atoms with Gasteiger partial charge in [-0.15, -0.1) is 0 Å². The van der Waals surface area contributed by atoms with E-state index in [1.54, 1.807) is 0 Å². The SMILES string of the molecule is N#CCCOP(N)Cl. The van der Waals surface area contributed by atoms with Crippen molar-refractivity contribution < 1.29 is 4.52 Å². The summed E-state index contributed by atoms with van der Waals surface area (Å²) in [7, 11) is -1.29. The first-order valence-electron chi connectivity index (χ1n) is 1.98. The van der Waals surface area contributed by atoms with Gasteiger partial charge in [-0.25, -0.2) is 0 Å². The topological polar surface area (TPSA) is 59.0 Å². The molecule has 0 saturated carbocycles. The number of nitrogens with two attached hydrogens (primary N) is 1. The normalized spacial score (nSPS) is 12.6. The highest BCUT2D eigenvalue weighted by Crippen LogP contribution is 2.32. The lowest BCUT2D eigenvalue weighted by Gasteiger charge is -1.98. The molecular formula is C3H6ClN2OP. The van der Waals surface area contributed by atoms with Crippen LogP contribution in [-0.2, 0) is 4.52 Å². The Bertz CT molecular complexity index is 91.8. The Labute approximate surface area is 54.1 Å². The summed E-state index contributed by atoms with van der Waals surface area (Å²) in [4.78, 5) is 0. The van der Waals surface area contributed by atoms with Crippen LogP contribution in [0, 0.1) is 11.3 Å². The molecule has 46 valence electrons. The fourth-order valence-corrected chi connectivity index (χ4v) is 0.651. The predicted molar refractivity (Wildman–Crippen MR) is 33.1 cm³/mol. The summed E-state index contributed by atoms with van der Waals surface area (Å²) in [6, 6.07) is 1.89. The van der Waals surface area contributed by atoms with Gasteiger partial charge in [0.25, 0.3) is 0 Å². The highest BCUT2D eigenvalue weighted by molar-refractivity contribution is 7.78. The molecule has 0 radical (unpaired) electrons. The minimum absolute atomic E-state index is 0.336. The molecule has 3 nitrogen and oxygen atoms in total. The molecule has 0 heterocycles. The molecule has 0 aromatic rings. The second-order valence-corrected chi connectivity index (χ2v) is 2.82. The summed E-state index contributed by atoms with van der Waals surface area (Å²) in [5, 5.41) is 7.97. The number of halogens is 1. The van der Waals surface area contributed by atoms with E-state index in [-0.39, 0.29) is 0 Å². The van der Waals surface area contributed by atoms with Gasteiger partial charge in [0.15, 0.2) is 0 Å². The molecule has 1 unspecified atom stereocenters. The zero-order valence-corrected chi connectivity index (χ0v) is 5.82. The summed E-state index contributed by atoms with van der Waals surface area (Å²) >= 11 is 5.22. The van der Waals surface area contributed by atoms with Gasteiger partial charge in [0.2, 0.25) is 7.65 Å². The Hall–Kier alpha value is 0.130. The van der Waals surface area contributed by atoms with Crippen molar-refractivity contribution in [3.63, 3.8) is 0 Å². The van der Waals surface area contributed by atoms with Crippen LogP contribution in [0.3, 0.4) is 0 Å². The van der Waals surface area contributed by atoms with Gasteiger partial charge < -0.3 is 4.52 Å². The average Bonchev–Trinajstić information content (AvgIpc) is 1.66. The number of nitrogens with zero attached hydrogens (tertiary/aromatic N) is 1. The van der Waals surface area contributed by atoms with Gasteiger partial charge in [0.05, 0.1) is 19.1 Å². The number of hydrogen-bond donors (Lipinski definition) is 1. The summed E-state index contributed by atoms with van der Waals surface area (Å²) in [5.74, 6) is 0. The first kappa shape index (κ1) is 8.13. The van der Waals surface area contributed by atoms with E-state index >= 15 is 0 Å². The van der Waals surface area contributed by atoms with E-state index in [4.69, 9.17) is 22.0 Å². The van der Waals surface area contributed by atoms with E-state index in [1.165, 1.54) is 0 Å². The number of hydrogen-bond acceptors (Lipinski definition) is 3. The molecule has 0 aliphatic heterocycles. The molecule has 0 aromatic carbocycles. The third-order valence-corrected chi connectivity index (χ3v) is 1.15. The molecule has 2 N–H and O–H groups in total. The van der Waals surface area contributed by atoms with Crippen LogP contribution in [0.5, 0.6) is 0 Å². The fraction of sp³-hybridized carbons (Fsp3) is 0.667. The van der Waals surface area contributed by atoms with Crippen LogP contribution in [-0.4, -0.2) is 6.61 Å². The zero-order valence-electron chi connectivity index (χ0n) is 4.17. The van der Waals surface area contributed by atoms with E-state index in [0.717, 1.165) is 0 Å². The van der Waals surface area contributed by atoms with E-state index in [1.807, 2.05) is 6.07 Å². The molecule has 0 bridgehead atoms. The van der Waals surface area contributed by atoms with Gasteiger partial charge in [0, 0.05) is 0 Å². The standard InChI is InChI=1S/C3H6ClN2OP/c4-8(6)7-3-1-2-5/h1,3,6H2. The number of rotatable bonds is 3. The molecular weight excluding hydrogens is 146 g/mol. The van der Waals surface area contributed by atoms with Gasteiger partial charge in [-0.3, -0.25) is 5.50 Å². The maximum Gasteiger partial charge on any atom is 0.201 e. The van der Waals surface area contributed by atoms with Crippen LogP contribution >= 0.6 is 18.9 Å². The molecule has 8 heavy (non-hydrogen) atoms. The van der Waals surface area contributed by atoms with Crippen LogP contribution < -0.4 is 5.50 Å². The third kappa shape index (κ3) is 6.13. The maximum atomic E-state index is 7.97. The summed E-state index contributed by atoms with van der Waals surface area (Å²) < 4.78 is 4.67. The van der Waals surface area contributed by atoms with Gasteiger partial charge >= 0.3 is 0 Å². The third-order valence-electron chi connectivity index (χ3n) is 0.428. The van der Waals surface area contributed by atoms with Crippen LogP contribution in [0.4, 0.5) is 0 Å². The maximum absolute atomic E-state index is 7.97. The van der Waals surface area contributed by atoms with Crippen molar-refractivity contribution in [2.75, 3.05) is 6.61 Å². The van der Waals surface area contributed by atoms with Crippen molar-refractivity contribution in [3.05, 3.63) is 0 Å². The molecule has 0 rings (SSSR count). The van der Waals surface area contributed by atoms with Crippen molar-refractivity contribution in [3.8, 4) is 6.07 Å². The Morgan fingerprint density at radius 3 is 2.88 bits per heavy atom. The molecule has 0 amide bonds. The average molecular weight is 153 g/mol. The minimum atomic E-state index is -1.29. The highest BCUT2D eigenvalue weighted by atomic mass is 35.7. The van der Waals surface area contributed by atoms with Crippen molar-refractivity contribution in [1.29, 1.82) is 5.26 Å². The highest BCUT2D eigenvalue weighted by Gasteiger charge is 1.93. The first-order valence-corrected chi connectivity index (χ1v) is 4.21. The lowest BCUT2D eigenvalue weighted by Crippen LogP contribution is -1.89. The Kier molecular flexibility index (Phi) is 5.36. The van der Waals surface area contributed by atoms with Crippen molar-refractivity contribution >= 4 is 18.9 Å². The van der Waals surface area contributed by atoms with Gasteiger partial charge in [-0.2, -0.15) is 5.26 Å². The Morgan fingerprint density at radius 2 is 2.50 bits per heavy atom. The van der Waals surface area contributed by atoms with E-state index in [9.17, 15) is 0 Å². The number of nitriles is 1. The smallest absolute Gasteiger partial charge is 0.201 e.